The SMILES string of the molecule is COc1cc2c(cc1OC)[C@@H]1Cc3ccc(OC)c(OC)c3CN1[C@@H](C)C2. The molecule has 5 heteroatoms. The first-order chi connectivity index (χ1) is 13.1. The van der Waals surface area contributed by atoms with Crippen molar-refractivity contribution < 1.29 is 18.9 Å². The van der Waals surface area contributed by atoms with Crippen LogP contribution in [-0.4, -0.2) is 39.4 Å². The quantitative estimate of drug-likeness (QED) is 0.821. The molecule has 2 aliphatic heterocycles. The van der Waals surface area contributed by atoms with Crippen molar-refractivity contribution in [1.29, 1.82) is 0 Å². The smallest absolute Gasteiger partial charge is 0.165 e. The van der Waals surface area contributed by atoms with E-state index in [1.165, 1.54) is 22.3 Å². The molecular formula is C22H27NO4. The molecule has 2 atom stereocenters. The average molecular weight is 369 g/mol. The van der Waals surface area contributed by atoms with E-state index in [0.29, 0.717) is 12.1 Å². The highest BCUT2D eigenvalue weighted by molar-refractivity contribution is 5.55. The summed E-state index contributed by atoms with van der Waals surface area (Å²) < 4.78 is 22.3. The molecule has 2 aromatic carbocycles. The van der Waals surface area contributed by atoms with Crippen molar-refractivity contribution in [3.05, 3.63) is 46.5 Å². The van der Waals surface area contributed by atoms with E-state index in [1.54, 1.807) is 28.4 Å². The lowest BCUT2D eigenvalue weighted by Gasteiger charge is -2.45. The van der Waals surface area contributed by atoms with Crippen LogP contribution in [0.5, 0.6) is 23.0 Å². The van der Waals surface area contributed by atoms with Gasteiger partial charge in [0.25, 0.3) is 0 Å². The summed E-state index contributed by atoms with van der Waals surface area (Å²) in [4.78, 5) is 2.57. The van der Waals surface area contributed by atoms with Gasteiger partial charge in [0.2, 0.25) is 0 Å². The maximum absolute atomic E-state index is 5.70. The topological polar surface area (TPSA) is 40.2 Å². The molecule has 27 heavy (non-hydrogen) atoms. The van der Waals surface area contributed by atoms with Crippen molar-refractivity contribution in [1.82, 2.24) is 4.90 Å². The Kier molecular flexibility index (Phi) is 4.64. The predicted molar refractivity (Wildman–Crippen MR) is 104 cm³/mol. The maximum atomic E-state index is 5.70. The molecule has 0 amide bonds. The zero-order chi connectivity index (χ0) is 19.1. The van der Waals surface area contributed by atoms with Gasteiger partial charge in [0.15, 0.2) is 23.0 Å². The Morgan fingerprint density at radius 1 is 0.815 bits per heavy atom. The summed E-state index contributed by atoms with van der Waals surface area (Å²) >= 11 is 0. The van der Waals surface area contributed by atoms with Gasteiger partial charge in [-0.05, 0) is 54.7 Å². The number of benzene rings is 2. The van der Waals surface area contributed by atoms with Crippen molar-refractivity contribution in [2.75, 3.05) is 28.4 Å². The van der Waals surface area contributed by atoms with Crippen LogP contribution >= 0.6 is 0 Å². The van der Waals surface area contributed by atoms with E-state index < -0.39 is 0 Å². The molecule has 0 saturated carbocycles. The molecule has 2 aliphatic rings. The first kappa shape index (κ1) is 18.0. The standard InChI is InChI=1S/C22H27NO4/c1-13-8-15-10-20(25-3)21(26-4)11-16(15)18-9-14-6-7-19(24-2)22(27-5)17(14)12-23(13)18/h6-7,10-11,13,18H,8-9,12H2,1-5H3/t13-,18-/m0/s1. The Labute approximate surface area is 160 Å². The van der Waals surface area contributed by atoms with Crippen LogP contribution in [0.25, 0.3) is 0 Å². The fourth-order valence-electron chi connectivity index (χ4n) is 4.63. The van der Waals surface area contributed by atoms with E-state index >= 15 is 0 Å². The fraction of sp³-hybridized carbons (Fsp3) is 0.455. The molecule has 5 nitrogen and oxygen atoms in total. The molecular weight excluding hydrogens is 342 g/mol. The lowest BCUT2D eigenvalue weighted by molar-refractivity contribution is 0.104. The fourth-order valence-corrected chi connectivity index (χ4v) is 4.63. The van der Waals surface area contributed by atoms with Crippen LogP contribution in [0.1, 0.15) is 35.2 Å². The van der Waals surface area contributed by atoms with Crippen LogP contribution < -0.4 is 18.9 Å². The molecule has 0 aliphatic carbocycles. The Morgan fingerprint density at radius 3 is 2.19 bits per heavy atom. The van der Waals surface area contributed by atoms with Crippen LogP contribution in [0.2, 0.25) is 0 Å². The molecule has 0 radical (unpaired) electrons. The Bertz CT molecular complexity index is 864. The van der Waals surface area contributed by atoms with Crippen LogP contribution in [0.15, 0.2) is 24.3 Å². The molecule has 2 heterocycles. The molecule has 0 unspecified atom stereocenters. The molecule has 0 fully saturated rings. The molecule has 0 aromatic heterocycles. The van der Waals surface area contributed by atoms with Crippen LogP contribution in [0.4, 0.5) is 0 Å². The van der Waals surface area contributed by atoms with Gasteiger partial charge < -0.3 is 18.9 Å². The van der Waals surface area contributed by atoms with E-state index in [2.05, 4.69) is 30.0 Å². The van der Waals surface area contributed by atoms with E-state index in [0.717, 1.165) is 42.4 Å². The number of hydrogen-bond acceptors (Lipinski definition) is 5. The maximum Gasteiger partial charge on any atom is 0.165 e. The summed E-state index contributed by atoms with van der Waals surface area (Å²) in [5.41, 5.74) is 5.25. The summed E-state index contributed by atoms with van der Waals surface area (Å²) in [5, 5.41) is 0. The summed E-state index contributed by atoms with van der Waals surface area (Å²) in [5.74, 6) is 3.26. The van der Waals surface area contributed by atoms with Crippen molar-refractivity contribution in [3.8, 4) is 23.0 Å². The van der Waals surface area contributed by atoms with Crippen LogP contribution in [0, 0.1) is 0 Å². The number of methoxy groups -OCH3 is 4. The Morgan fingerprint density at radius 2 is 1.52 bits per heavy atom. The molecule has 144 valence electrons. The number of fused-ring (bicyclic) bond motifs is 4. The summed E-state index contributed by atoms with van der Waals surface area (Å²) in [6, 6.07) is 9.25. The van der Waals surface area contributed by atoms with Gasteiger partial charge in [-0.15, -0.1) is 0 Å². The van der Waals surface area contributed by atoms with Crippen molar-refractivity contribution >= 4 is 0 Å². The first-order valence-electron chi connectivity index (χ1n) is 9.34. The second kappa shape index (κ2) is 6.97. The normalized spacial score (nSPS) is 20.9. The summed E-state index contributed by atoms with van der Waals surface area (Å²) in [6.07, 6.45) is 1.94. The number of hydrogen-bond donors (Lipinski definition) is 0. The second-order valence-corrected chi connectivity index (χ2v) is 7.29. The minimum atomic E-state index is 0.328. The minimum Gasteiger partial charge on any atom is -0.493 e. The molecule has 0 bridgehead atoms. The van der Waals surface area contributed by atoms with Crippen molar-refractivity contribution in [3.63, 3.8) is 0 Å². The van der Waals surface area contributed by atoms with Gasteiger partial charge in [-0.3, -0.25) is 4.90 Å². The predicted octanol–water partition coefficient (Wildman–Crippen LogP) is 3.77. The van der Waals surface area contributed by atoms with Crippen LogP contribution in [0.3, 0.4) is 0 Å². The van der Waals surface area contributed by atoms with E-state index in [9.17, 15) is 0 Å². The zero-order valence-electron chi connectivity index (χ0n) is 16.7. The molecule has 0 N–H and O–H groups in total. The monoisotopic (exact) mass is 369 g/mol. The minimum absolute atomic E-state index is 0.328. The number of nitrogens with zero attached hydrogens (tertiary/aromatic N) is 1. The van der Waals surface area contributed by atoms with Crippen molar-refractivity contribution in [2.45, 2.75) is 38.4 Å². The highest BCUT2D eigenvalue weighted by Gasteiger charge is 2.38. The van der Waals surface area contributed by atoms with Gasteiger partial charge in [0.05, 0.1) is 28.4 Å². The largest absolute Gasteiger partial charge is 0.493 e. The lowest BCUT2D eigenvalue weighted by atomic mass is 9.81. The van der Waals surface area contributed by atoms with Gasteiger partial charge in [-0.25, -0.2) is 0 Å². The Hall–Kier alpha value is -2.40. The second-order valence-electron chi connectivity index (χ2n) is 7.29. The number of ether oxygens (including phenoxy) is 4. The van der Waals surface area contributed by atoms with Crippen LogP contribution in [-0.2, 0) is 19.4 Å². The number of rotatable bonds is 4. The molecule has 2 aromatic rings. The van der Waals surface area contributed by atoms with Gasteiger partial charge in [-0.2, -0.15) is 0 Å². The van der Waals surface area contributed by atoms with Gasteiger partial charge in [-0.1, -0.05) is 6.07 Å². The zero-order valence-corrected chi connectivity index (χ0v) is 16.7. The molecule has 0 saturated heterocycles. The highest BCUT2D eigenvalue weighted by atomic mass is 16.5. The van der Waals surface area contributed by atoms with E-state index in [1.807, 2.05) is 6.07 Å². The van der Waals surface area contributed by atoms with Gasteiger partial charge >= 0.3 is 0 Å². The first-order valence-corrected chi connectivity index (χ1v) is 9.34. The molecule has 4 rings (SSSR count). The van der Waals surface area contributed by atoms with E-state index in [4.69, 9.17) is 18.9 Å². The third kappa shape index (κ3) is 2.81. The third-order valence-electron chi connectivity index (χ3n) is 5.99. The van der Waals surface area contributed by atoms with Crippen molar-refractivity contribution in [2.24, 2.45) is 0 Å². The third-order valence-corrected chi connectivity index (χ3v) is 5.99. The summed E-state index contributed by atoms with van der Waals surface area (Å²) in [6.45, 7) is 3.15. The van der Waals surface area contributed by atoms with Gasteiger partial charge in [0, 0.05) is 24.2 Å². The van der Waals surface area contributed by atoms with E-state index in [-0.39, 0.29) is 0 Å². The lowest BCUT2D eigenvalue weighted by Crippen LogP contribution is -2.45. The Balaban J connectivity index is 1.81. The molecule has 0 spiro atoms. The summed E-state index contributed by atoms with van der Waals surface area (Å²) in [7, 11) is 6.80. The van der Waals surface area contributed by atoms with Gasteiger partial charge in [0.1, 0.15) is 0 Å². The highest BCUT2D eigenvalue weighted by Crippen LogP contribution is 2.47. The average Bonchev–Trinajstić information content (AvgIpc) is 2.70.